The van der Waals surface area contributed by atoms with E-state index in [0.717, 1.165) is 18.5 Å². The van der Waals surface area contributed by atoms with Crippen molar-refractivity contribution in [1.82, 2.24) is 5.32 Å². The molecule has 1 heteroatoms. The first-order chi connectivity index (χ1) is 5.74. The second-order valence-corrected chi connectivity index (χ2v) is 2.85. The summed E-state index contributed by atoms with van der Waals surface area (Å²) in [5, 5.41) is 3.31. The average Bonchev–Trinajstić information content (AvgIpc) is 2.11. The van der Waals surface area contributed by atoms with Gasteiger partial charge < -0.3 is 5.32 Å². The third kappa shape index (κ3) is 4.81. The lowest BCUT2D eigenvalue weighted by molar-refractivity contribution is 0.604. The van der Waals surface area contributed by atoms with Crippen LogP contribution in [0.3, 0.4) is 0 Å². The fourth-order valence-corrected chi connectivity index (χ4v) is 0.761. The summed E-state index contributed by atoms with van der Waals surface area (Å²) in [6, 6.07) is 0.496. The van der Waals surface area contributed by atoms with Gasteiger partial charge in [-0.1, -0.05) is 26.5 Å². The smallest absolute Gasteiger partial charge is 0.0766 e. The number of nitrogens with one attached hydrogen (secondary N) is 1. The Kier molecular flexibility index (Phi) is 6.22. The molecule has 0 aliphatic rings. The van der Waals surface area contributed by atoms with Crippen molar-refractivity contribution in [2.24, 2.45) is 0 Å². The van der Waals surface area contributed by atoms with Gasteiger partial charge in [0.25, 0.3) is 0 Å². The Morgan fingerprint density at radius 2 is 2.25 bits per heavy atom. The van der Waals surface area contributed by atoms with Gasteiger partial charge in [0, 0.05) is 6.04 Å². The van der Waals surface area contributed by atoms with Crippen molar-refractivity contribution < 1.29 is 0 Å². The lowest BCUT2D eigenvalue weighted by Crippen LogP contribution is -2.23. The predicted octanol–water partition coefficient (Wildman–Crippen LogP) is 3.01. The molecule has 1 N–H and O–H groups in total. The minimum Gasteiger partial charge on any atom is -0.376 e. The maximum absolute atomic E-state index is 3.63. The molecule has 0 radical (unpaired) electrons. The maximum Gasteiger partial charge on any atom is 0.0766 e. The van der Waals surface area contributed by atoms with Crippen molar-refractivity contribution in [2.75, 3.05) is 0 Å². The van der Waals surface area contributed by atoms with Gasteiger partial charge in [-0.3, -0.25) is 0 Å². The van der Waals surface area contributed by atoms with Crippen LogP contribution < -0.4 is 5.32 Å². The molecule has 0 bridgehead atoms. The van der Waals surface area contributed by atoms with Gasteiger partial charge in [0.1, 0.15) is 0 Å². The van der Waals surface area contributed by atoms with Crippen molar-refractivity contribution >= 4 is 0 Å². The molecule has 1 nitrogen and oxygen atoms in total. The summed E-state index contributed by atoms with van der Waals surface area (Å²) in [6.45, 7) is 10.0. The van der Waals surface area contributed by atoms with E-state index in [2.05, 4.69) is 44.5 Å². The monoisotopic (exact) mass is 165 g/mol. The molecule has 1 unspecified atom stereocenters. The van der Waals surface area contributed by atoms with Gasteiger partial charge in [0.05, 0.1) is 5.70 Å². The number of hydrogen-bond acceptors (Lipinski definition) is 1. The van der Waals surface area contributed by atoms with E-state index >= 15 is 0 Å². The molecule has 0 amide bonds. The molecular formula is C11H19N. The Morgan fingerprint density at radius 3 is 2.67 bits per heavy atom. The van der Waals surface area contributed by atoms with Crippen molar-refractivity contribution in [3.8, 4) is 0 Å². The fourth-order valence-electron chi connectivity index (χ4n) is 0.761. The largest absolute Gasteiger partial charge is 0.376 e. The first-order valence-electron chi connectivity index (χ1n) is 4.57. The van der Waals surface area contributed by atoms with E-state index in [-0.39, 0.29) is 0 Å². The minimum absolute atomic E-state index is 0.496. The van der Waals surface area contributed by atoms with Crippen LogP contribution >= 0.6 is 0 Å². The molecule has 0 rings (SSSR count). The lowest BCUT2D eigenvalue weighted by Gasteiger charge is -2.11. The molecular weight excluding hydrogens is 146 g/mol. The van der Waals surface area contributed by atoms with Gasteiger partial charge in [-0.2, -0.15) is 0 Å². The number of rotatable bonds is 5. The van der Waals surface area contributed by atoms with Gasteiger partial charge >= 0.3 is 0 Å². The minimum atomic E-state index is 0.496. The summed E-state index contributed by atoms with van der Waals surface area (Å²) in [6.07, 6.45) is 6.29. The second kappa shape index (κ2) is 6.75. The van der Waals surface area contributed by atoms with E-state index in [9.17, 15) is 0 Å². The van der Waals surface area contributed by atoms with Crippen LogP contribution in [0.5, 0.6) is 0 Å². The summed E-state index contributed by atoms with van der Waals surface area (Å²) in [5.74, 6) is 0. The van der Waals surface area contributed by atoms with E-state index in [1.807, 2.05) is 6.08 Å². The third-order valence-corrected chi connectivity index (χ3v) is 1.72. The maximum atomic E-state index is 3.63. The Morgan fingerprint density at radius 1 is 1.58 bits per heavy atom. The van der Waals surface area contributed by atoms with Gasteiger partial charge in [-0.05, 0) is 25.8 Å². The van der Waals surface area contributed by atoms with E-state index in [1.165, 1.54) is 0 Å². The standard InChI is InChI=1S/C11H19N/c1-5-8-9-11(7-3)12-10(4)6-2/h8-10,12H,3,5-6H2,1-2,4H3/b9-8-. The normalized spacial score (nSPS) is 12.6. The van der Waals surface area contributed by atoms with Crippen molar-refractivity contribution in [3.05, 3.63) is 30.2 Å². The molecule has 0 aromatic heterocycles. The highest BCUT2D eigenvalue weighted by atomic mass is 14.9. The molecule has 0 spiro atoms. The summed E-state index contributed by atoms with van der Waals surface area (Å²) in [7, 11) is 0. The zero-order valence-electron chi connectivity index (χ0n) is 8.35. The average molecular weight is 165 g/mol. The first kappa shape index (κ1) is 11.1. The molecule has 0 fully saturated rings. The summed E-state index contributed by atoms with van der Waals surface area (Å²) in [5.41, 5.74) is 3.86. The van der Waals surface area contributed by atoms with Crippen LogP contribution in [-0.4, -0.2) is 6.04 Å². The van der Waals surface area contributed by atoms with Gasteiger partial charge in [-0.25, -0.2) is 0 Å². The molecule has 1 atom stereocenters. The van der Waals surface area contributed by atoms with Crippen molar-refractivity contribution in [2.45, 2.75) is 39.7 Å². The van der Waals surface area contributed by atoms with E-state index in [4.69, 9.17) is 0 Å². The van der Waals surface area contributed by atoms with Crippen LogP contribution in [0, 0.1) is 0 Å². The Balaban J connectivity index is 4.02. The van der Waals surface area contributed by atoms with E-state index in [0.29, 0.717) is 6.04 Å². The van der Waals surface area contributed by atoms with Crippen LogP contribution in [0.1, 0.15) is 33.6 Å². The highest BCUT2D eigenvalue weighted by Crippen LogP contribution is 1.96. The first-order valence-corrected chi connectivity index (χ1v) is 4.57. The Labute approximate surface area is 75.9 Å². The predicted molar refractivity (Wildman–Crippen MR) is 55.0 cm³/mol. The van der Waals surface area contributed by atoms with Gasteiger partial charge in [-0.15, -0.1) is 5.73 Å². The van der Waals surface area contributed by atoms with E-state index < -0.39 is 0 Å². The quantitative estimate of drug-likeness (QED) is 0.488. The second-order valence-electron chi connectivity index (χ2n) is 2.85. The molecule has 0 aliphatic heterocycles. The summed E-state index contributed by atoms with van der Waals surface area (Å²) in [4.78, 5) is 0. The van der Waals surface area contributed by atoms with Crippen LogP contribution in [0.4, 0.5) is 0 Å². The third-order valence-electron chi connectivity index (χ3n) is 1.72. The molecule has 0 aromatic rings. The zero-order chi connectivity index (χ0) is 9.40. The molecule has 0 saturated heterocycles. The highest BCUT2D eigenvalue weighted by Gasteiger charge is 1.96. The molecule has 12 heavy (non-hydrogen) atoms. The molecule has 0 aliphatic carbocycles. The topological polar surface area (TPSA) is 12.0 Å². The van der Waals surface area contributed by atoms with Crippen LogP contribution in [0.2, 0.25) is 0 Å². The van der Waals surface area contributed by atoms with Gasteiger partial charge in [0.2, 0.25) is 0 Å². The van der Waals surface area contributed by atoms with E-state index in [1.54, 1.807) is 0 Å². The van der Waals surface area contributed by atoms with Crippen LogP contribution in [0.15, 0.2) is 30.2 Å². The Bertz CT molecular complexity index is 185. The molecule has 0 aromatic carbocycles. The van der Waals surface area contributed by atoms with Crippen LogP contribution in [0.25, 0.3) is 0 Å². The molecule has 0 heterocycles. The molecule has 68 valence electrons. The zero-order valence-corrected chi connectivity index (χ0v) is 8.35. The molecule has 0 saturated carbocycles. The highest BCUT2D eigenvalue weighted by molar-refractivity contribution is 5.15. The number of hydrogen-bond donors (Lipinski definition) is 1. The van der Waals surface area contributed by atoms with Gasteiger partial charge in [0.15, 0.2) is 0 Å². The van der Waals surface area contributed by atoms with Crippen LogP contribution in [-0.2, 0) is 0 Å². The van der Waals surface area contributed by atoms with Crippen molar-refractivity contribution in [3.63, 3.8) is 0 Å². The summed E-state index contributed by atoms with van der Waals surface area (Å²) < 4.78 is 0. The fraction of sp³-hybridized carbons (Fsp3) is 0.545. The summed E-state index contributed by atoms with van der Waals surface area (Å²) >= 11 is 0. The lowest BCUT2D eigenvalue weighted by atomic mass is 10.2. The SMILES string of the molecule is C=C=C(/C=C\CC)NC(C)CC. The Hall–Kier alpha value is -0.940. The van der Waals surface area contributed by atoms with Crippen molar-refractivity contribution in [1.29, 1.82) is 0 Å². The number of allylic oxidation sites excluding steroid dienone is 2.